The maximum Gasteiger partial charge on any atom is 0.217 e. The van der Waals surface area contributed by atoms with Crippen molar-refractivity contribution < 1.29 is 14.2 Å². The molecule has 1 saturated heterocycles. The highest BCUT2D eigenvalue weighted by atomic mass is 19.1. The zero-order valence-corrected chi connectivity index (χ0v) is 12.2. The normalized spacial score (nSPS) is 31.5. The standard InChI is InChI=1S/C14H16FN5O2/c1-7-10(5-21)22-12(14(7,2)15)9-4-8(17-3)11-13(16)18-6-19-20(9)11/h4,6-7,10,12,21H,5H2,1-2H3,(H2,16,18,19)/t7-,10-,12+,14-/m1/s1. The van der Waals surface area contributed by atoms with E-state index in [9.17, 15) is 5.11 Å². The van der Waals surface area contributed by atoms with Crippen molar-refractivity contribution in [3.8, 4) is 0 Å². The van der Waals surface area contributed by atoms with Crippen LogP contribution in [0.5, 0.6) is 0 Å². The number of nitrogens with zero attached hydrogens (tertiary/aromatic N) is 4. The second-order valence-electron chi connectivity index (χ2n) is 5.65. The van der Waals surface area contributed by atoms with Crippen molar-refractivity contribution in [1.82, 2.24) is 14.6 Å². The van der Waals surface area contributed by atoms with Crippen LogP contribution in [0.25, 0.3) is 10.4 Å². The Kier molecular flexibility index (Phi) is 3.27. The Morgan fingerprint density at radius 1 is 1.64 bits per heavy atom. The molecule has 3 N–H and O–H groups in total. The summed E-state index contributed by atoms with van der Waals surface area (Å²) < 4.78 is 22.2. The first-order valence-corrected chi connectivity index (χ1v) is 6.86. The first-order valence-electron chi connectivity index (χ1n) is 6.86. The number of aliphatic hydroxyl groups is 1. The number of nitrogens with two attached hydrogens (primary N) is 1. The van der Waals surface area contributed by atoms with Gasteiger partial charge in [0.2, 0.25) is 5.69 Å². The maximum absolute atomic E-state index is 15.1. The second-order valence-corrected chi connectivity index (χ2v) is 5.65. The minimum atomic E-state index is -1.71. The number of aliphatic hydroxyl groups excluding tert-OH is 1. The molecular weight excluding hydrogens is 289 g/mol. The number of hydrogen-bond acceptors (Lipinski definition) is 5. The summed E-state index contributed by atoms with van der Waals surface area (Å²) in [6.45, 7) is 10.1. The van der Waals surface area contributed by atoms with Gasteiger partial charge in [-0.2, -0.15) is 5.10 Å². The van der Waals surface area contributed by atoms with E-state index in [1.807, 2.05) is 0 Å². The smallest absolute Gasteiger partial charge is 0.217 e. The molecule has 22 heavy (non-hydrogen) atoms. The Labute approximate surface area is 126 Å². The largest absolute Gasteiger partial charge is 0.394 e. The van der Waals surface area contributed by atoms with E-state index >= 15 is 4.39 Å². The Balaban J connectivity index is 2.20. The summed E-state index contributed by atoms with van der Waals surface area (Å²) in [6, 6.07) is 1.52. The topological polar surface area (TPSA) is 90.0 Å². The van der Waals surface area contributed by atoms with Crippen molar-refractivity contribution in [1.29, 1.82) is 0 Å². The summed E-state index contributed by atoms with van der Waals surface area (Å²) in [7, 11) is 0. The minimum absolute atomic E-state index is 0.151. The Morgan fingerprint density at radius 3 is 2.95 bits per heavy atom. The van der Waals surface area contributed by atoms with Gasteiger partial charge in [0.1, 0.15) is 29.4 Å². The van der Waals surface area contributed by atoms with Gasteiger partial charge in [-0.3, -0.25) is 0 Å². The van der Waals surface area contributed by atoms with E-state index in [2.05, 4.69) is 14.9 Å². The molecule has 3 heterocycles. The Morgan fingerprint density at radius 2 is 2.36 bits per heavy atom. The molecule has 2 aromatic heterocycles. The van der Waals surface area contributed by atoms with E-state index in [1.54, 1.807) is 6.92 Å². The summed E-state index contributed by atoms with van der Waals surface area (Å²) in [5, 5.41) is 13.4. The van der Waals surface area contributed by atoms with Gasteiger partial charge in [0.05, 0.1) is 25.0 Å². The average Bonchev–Trinajstić information content (AvgIpc) is 2.97. The van der Waals surface area contributed by atoms with Gasteiger partial charge in [-0.25, -0.2) is 18.7 Å². The third kappa shape index (κ3) is 1.86. The molecule has 0 spiro atoms. The van der Waals surface area contributed by atoms with Crippen LogP contribution in [0.1, 0.15) is 25.6 Å². The van der Waals surface area contributed by atoms with Gasteiger partial charge in [-0.1, -0.05) is 6.92 Å². The van der Waals surface area contributed by atoms with Crippen LogP contribution in [-0.2, 0) is 4.74 Å². The van der Waals surface area contributed by atoms with Crippen LogP contribution < -0.4 is 5.73 Å². The number of hydrogen-bond donors (Lipinski definition) is 2. The quantitative estimate of drug-likeness (QED) is 0.824. The predicted octanol–water partition coefficient (Wildman–Crippen LogP) is 1.66. The van der Waals surface area contributed by atoms with Crippen LogP contribution in [-0.4, -0.2) is 38.1 Å². The third-order valence-corrected chi connectivity index (χ3v) is 4.43. The van der Waals surface area contributed by atoms with Crippen molar-refractivity contribution >= 4 is 17.0 Å². The van der Waals surface area contributed by atoms with Crippen molar-refractivity contribution in [2.75, 3.05) is 12.3 Å². The summed E-state index contributed by atoms with van der Waals surface area (Å²) in [5.74, 6) is -0.346. The van der Waals surface area contributed by atoms with Gasteiger partial charge in [0.25, 0.3) is 0 Å². The summed E-state index contributed by atoms with van der Waals surface area (Å²) in [5.41, 5.74) is 5.07. The number of ether oxygens (including phenoxy) is 1. The fraction of sp³-hybridized carbons (Fsp3) is 0.500. The van der Waals surface area contributed by atoms with Crippen LogP contribution in [0, 0.1) is 12.5 Å². The molecule has 0 aliphatic carbocycles. The molecule has 0 amide bonds. The van der Waals surface area contributed by atoms with Crippen LogP contribution in [0.4, 0.5) is 15.9 Å². The van der Waals surface area contributed by atoms with Crippen LogP contribution >= 0.6 is 0 Å². The molecule has 8 heteroatoms. The molecule has 0 radical (unpaired) electrons. The van der Waals surface area contributed by atoms with Crippen molar-refractivity contribution in [2.45, 2.75) is 31.7 Å². The SMILES string of the molecule is [C-]#[N+]c1cc([C@@H]2O[C@H](CO)[C@@H](C)[C@@]2(C)F)n2ncnc(N)c12. The van der Waals surface area contributed by atoms with Crippen molar-refractivity contribution in [2.24, 2.45) is 5.92 Å². The number of rotatable bonds is 2. The molecule has 4 atom stereocenters. The van der Waals surface area contributed by atoms with Crippen LogP contribution in [0.15, 0.2) is 12.4 Å². The van der Waals surface area contributed by atoms with Crippen molar-refractivity contribution in [3.05, 3.63) is 29.5 Å². The fourth-order valence-corrected chi connectivity index (χ4v) is 2.93. The number of fused-ring (bicyclic) bond motifs is 1. The molecule has 1 aliphatic rings. The lowest BCUT2D eigenvalue weighted by Gasteiger charge is -2.24. The first-order chi connectivity index (χ1) is 10.4. The molecule has 0 bridgehead atoms. The van der Waals surface area contributed by atoms with Gasteiger partial charge in [0.15, 0.2) is 0 Å². The summed E-state index contributed by atoms with van der Waals surface area (Å²) in [6.07, 6.45) is -0.310. The zero-order valence-electron chi connectivity index (χ0n) is 12.2. The molecule has 116 valence electrons. The van der Waals surface area contributed by atoms with Gasteiger partial charge >= 0.3 is 0 Å². The predicted molar refractivity (Wildman–Crippen MR) is 77.0 cm³/mol. The van der Waals surface area contributed by atoms with Gasteiger partial charge in [0, 0.05) is 5.92 Å². The highest BCUT2D eigenvalue weighted by Crippen LogP contribution is 2.49. The number of halogens is 1. The van der Waals surface area contributed by atoms with E-state index in [1.165, 1.54) is 23.8 Å². The van der Waals surface area contributed by atoms with Crippen LogP contribution in [0.2, 0.25) is 0 Å². The molecular formula is C14H16FN5O2. The van der Waals surface area contributed by atoms with Crippen molar-refractivity contribution in [3.63, 3.8) is 0 Å². The highest BCUT2D eigenvalue weighted by molar-refractivity contribution is 5.83. The van der Waals surface area contributed by atoms with Gasteiger partial charge in [-0.15, -0.1) is 0 Å². The lowest BCUT2D eigenvalue weighted by atomic mass is 9.86. The minimum Gasteiger partial charge on any atom is -0.394 e. The monoisotopic (exact) mass is 305 g/mol. The third-order valence-electron chi connectivity index (χ3n) is 4.43. The summed E-state index contributed by atoms with van der Waals surface area (Å²) >= 11 is 0. The summed E-state index contributed by atoms with van der Waals surface area (Å²) in [4.78, 5) is 7.27. The van der Waals surface area contributed by atoms with E-state index in [-0.39, 0.29) is 18.1 Å². The molecule has 0 unspecified atom stereocenters. The maximum atomic E-state index is 15.1. The van der Waals surface area contributed by atoms with E-state index in [0.717, 1.165) is 0 Å². The van der Waals surface area contributed by atoms with Gasteiger partial charge < -0.3 is 15.6 Å². The zero-order chi connectivity index (χ0) is 16.1. The number of nitrogen functional groups attached to an aromatic ring is 1. The molecule has 0 saturated carbocycles. The Bertz CT molecular complexity index is 766. The fourth-order valence-electron chi connectivity index (χ4n) is 2.93. The molecule has 7 nitrogen and oxygen atoms in total. The molecule has 2 aromatic rings. The van der Waals surface area contributed by atoms with E-state index < -0.39 is 23.8 Å². The Hall–Kier alpha value is -2.24. The molecule has 1 aliphatic heterocycles. The average molecular weight is 305 g/mol. The van der Waals surface area contributed by atoms with Crippen LogP contribution in [0.3, 0.4) is 0 Å². The second kappa shape index (κ2) is 4.90. The highest BCUT2D eigenvalue weighted by Gasteiger charge is 2.53. The molecule has 0 aromatic carbocycles. The molecule has 1 fully saturated rings. The van der Waals surface area contributed by atoms with E-state index in [4.69, 9.17) is 17.0 Å². The number of aromatic nitrogens is 3. The molecule has 3 rings (SSSR count). The number of alkyl halides is 1. The lowest BCUT2D eigenvalue weighted by molar-refractivity contribution is -0.0200. The van der Waals surface area contributed by atoms with E-state index in [0.29, 0.717) is 11.2 Å². The van der Waals surface area contributed by atoms with Gasteiger partial charge in [-0.05, 0) is 13.0 Å². The lowest BCUT2D eigenvalue weighted by Crippen LogP contribution is -2.32. The number of anilines is 1. The first kappa shape index (κ1) is 14.7.